The molecule has 12 rings (SSSR count). The maximum Gasteiger partial charge on any atom is 0.0708 e. The maximum atomic E-state index is 2.44. The van der Waals surface area contributed by atoms with Crippen LogP contribution in [-0.4, -0.2) is 0 Å². The van der Waals surface area contributed by atoms with E-state index in [9.17, 15) is 0 Å². The van der Waals surface area contributed by atoms with Gasteiger partial charge in [0, 0.05) is 23.0 Å². The summed E-state index contributed by atoms with van der Waals surface area (Å²) in [5.41, 5.74) is 17.2. The van der Waals surface area contributed by atoms with Crippen molar-refractivity contribution in [3.63, 3.8) is 0 Å². The molecule has 0 saturated carbocycles. The van der Waals surface area contributed by atoms with Gasteiger partial charge in [0.25, 0.3) is 0 Å². The van der Waals surface area contributed by atoms with Crippen molar-refractivity contribution in [1.82, 2.24) is 0 Å². The Bertz CT molecular complexity index is 3140. The van der Waals surface area contributed by atoms with Crippen molar-refractivity contribution >= 4 is 33.4 Å². The molecule has 9 aromatic rings. The van der Waals surface area contributed by atoms with Crippen LogP contribution in [0.2, 0.25) is 0 Å². The lowest BCUT2D eigenvalue weighted by Crippen LogP contribution is -2.46. The van der Waals surface area contributed by atoms with Gasteiger partial charge in [-0.2, -0.15) is 0 Å². The smallest absolute Gasteiger partial charge is 0.0708 e. The molecule has 0 radical (unpaired) electrons. The lowest BCUT2D eigenvalue weighted by molar-refractivity contribution is 0.454. The Morgan fingerprint density at radius 1 is 0.410 bits per heavy atom. The van der Waals surface area contributed by atoms with Crippen LogP contribution in [0.15, 0.2) is 243 Å². The number of rotatable bonds is 7. The van der Waals surface area contributed by atoms with Crippen LogP contribution in [0.4, 0.5) is 17.1 Å². The highest BCUT2D eigenvalue weighted by molar-refractivity contribution is 5.97. The van der Waals surface area contributed by atoms with Crippen LogP contribution in [-0.2, 0) is 10.8 Å². The Kier molecular flexibility index (Phi) is 8.18. The van der Waals surface area contributed by atoms with Gasteiger partial charge in [-0.05, 0) is 115 Å². The van der Waals surface area contributed by atoms with Crippen LogP contribution in [0.1, 0.15) is 50.9 Å². The first-order valence-electron chi connectivity index (χ1n) is 21.5. The zero-order valence-corrected chi connectivity index (χ0v) is 33.8. The van der Waals surface area contributed by atoms with E-state index in [2.05, 4.69) is 248 Å². The molecule has 0 amide bonds. The second kappa shape index (κ2) is 14.1. The Hall–Kier alpha value is -7.48. The SMILES string of the molecule is C1=CCC2C(=C1)c1cccc3c1C2(c1ccccc1)c1ccccc1C3(c1ccccc1)c1ccc(N(c2ccccc2)c2ccc(-c3cccc4ccccc34)cc2)cc1. The van der Waals surface area contributed by atoms with E-state index < -0.39 is 5.41 Å². The van der Waals surface area contributed by atoms with Gasteiger partial charge < -0.3 is 4.90 Å². The van der Waals surface area contributed by atoms with E-state index in [1.54, 1.807) is 0 Å². The molecule has 288 valence electrons. The van der Waals surface area contributed by atoms with Crippen LogP contribution in [0.3, 0.4) is 0 Å². The topological polar surface area (TPSA) is 3.24 Å². The van der Waals surface area contributed by atoms with Crippen LogP contribution in [0, 0.1) is 5.92 Å². The summed E-state index contributed by atoms with van der Waals surface area (Å²) in [5, 5.41) is 2.52. The highest BCUT2D eigenvalue weighted by Crippen LogP contribution is 2.67. The molecule has 0 bridgehead atoms. The van der Waals surface area contributed by atoms with Gasteiger partial charge in [0.15, 0.2) is 0 Å². The number of hydrogen-bond donors (Lipinski definition) is 0. The summed E-state index contributed by atoms with van der Waals surface area (Å²) in [6, 6.07) is 83.6. The molecule has 3 atom stereocenters. The number of fused-ring (bicyclic) bond motifs is 6. The molecular weight excluding hydrogens is 735 g/mol. The van der Waals surface area contributed by atoms with E-state index in [0.29, 0.717) is 5.92 Å². The second-order valence-electron chi connectivity index (χ2n) is 16.7. The fourth-order valence-electron chi connectivity index (χ4n) is 11.5. The third-order valence-electron chi connectivity index (χ3n) is 13.8. The molecule has 0 aliphatic heterocycles. The monoisotopic (exact) mass is 777 g/mol. The van der Waals surface area contributed by atoms with E-state index in [1.807, 2.05) is 0 Å². The van der Waals surface area contributed by atoms with Gasteiger partial charge in [0.2, 0.25) is 0 Å². The lowest BCUT2D eigenvalue weighted by Gasteiger charge is -2.51. The lowest BCUT2D eigenvalue weighted by atomic mass is 9.50. The molecule has 0 heterocycles. The predicted octanol–water partition coefficient (Wildman–Crippen LogP) is 15.0. The Balaban J connectivity index is 1.06. The number of anilines is 3. The summed E-state index contributed by atoms with van der Waals surface area (Å²) < 4.78 is 0. The van der Waals surface area contributed by atoms with Crippen molar-refractivity contribution in [2.24, 2.45) is 5.92 Å². The van der Waals surface area contributed by atoms with Gasteiger partial charge >= 0.3 is 0 Å². The summed E-state index contributed by atoms with van der Waals surface area (Å²) in [6.45, 7) is 0. The van der Waals surface area contributed by atoms with Crippen LogP contribution < -0.4 is 4.90 Å². The zero-order chi connectivity index (χ0) is 40.4. The van der Waals surface area contributed by atoms with Crippen molar-refractivity contribution in [2.75, 3.05) is 4.90 Å². The fraction of sp³-hybridized carbons (Fsp3) is 0.0667. The largest absolute Gasteiger partial charge is 0.311 e. The van der Waals surface area contributed by atoms with Gasteiger partial charge in [-0.25, -0.2) is 0 Å². The summed E-state index contributed by atoms with van der Waals surface area (Å²) in [4.78, 5) is 2.38. The molecule has 0 aromatic heterocycles. The maximum absolute atomic E-state index is 2.44. The van der Waals surface area contributed by atoms with Crippen LogP contribution >= 0.6 is 0 Å². The first-order chi connectivity index (χ1) is 30.3. The summed E-state index contributed by atoms with van der Waals surface area (Å²) >= 11 is 0. The third kappa shape index (κ3) is 5.14. The van der Waals surface area contributed by atoms with Crippen LogP contribution in [0.25, 0.3) is 27.5 Å². The minimum absolute atomic E-state index is 0.291. The third-order valence-corrected chi connectivity index (χ3v) is 13.8. The van der Waals surface area contributed by atoms with Crippen molar-refractivity contribution in [2.45, 2.75) is 17.3 Å². The Morgan fingerprint density at radius 3 is 1.70 bits per heavy atom. The van der Waals surface area contributed by atoms with Gasteiger partial charge in [-0.1, -0.05) is 206 Å². The molecule has 0 spiro atoms. The molecule has 3 aliphatic rings. The van der Waals surface area contributed by atoms with E-state index in [-0.39, 0.29) is 5.41 Å². The fourth-order valence-corrected chi connectivity index (χ4v) is 11.5. The normalized spacial score (nSPS) is 19.4. The van der Waals surface area contributed by atoms with Crippen molar-refractivity contribution in [3.05, 3.63) is 287 Å². The molecule has 61 heavy (non-hydrogen) atoms. The molecule has 9 aromatic carbocycles. The van der Waals surface area contributed by atoms with Gasteiger partial charge in [0.05, 0.1) is 10.8 Å². The van der Waals surface area contributed by atoms with Crippen LogP contribution in [0.5, 0.6) is 0 Å². The summed E-state index contributed by atoms with van der Waals surface area (Å²) in [7, 11) is 0. The zero-order valence-electron chi connectivity index (χ0n) is 33.8. The molecule has 0 saturated heterocycles. The number of benzene rings is 9. The standard InChI is InChI=1S/C60H43N/c1-4-20-44(21-5-1)59(55-31-14-15-32-56(55)60(45-22-6-2-7-23-45)54-30-13-12-27-52(54)53-29-17-33-57(59)58(53)60)46-36-40-49(41-37-46)61(47-24-8-3-9-25-47)48-38-34-43(35-39-48)51-28-16-19-42-18-10-11-26-50(42)51/h1-29,31-41,54H,30H2. The van der Waals surface area contributed by atoms with E-state index >= 15 is 0 Å². The van der Waals surface area contributed by atoms with Crippen molar-refractivity contribution < 1.29 is 0 Å². The Labute approximate surface area is 358 Å². The second-order valence-corrected chi connectivity index (χ2v) is 16.7. The molecule has 3 aliphatic carbocycles. The van der Waals surface area contributed by atoms with Gasteiger partial charge in [-0.3, -0.25) is 0 Å². The molecule has 3 unspecified atom stereocenters. The highest BCUT2D eigenvalue weighted by atomic mass is 15.1. The first kappa shape index (κ1) is 35.5. The molecular formula is C60H43N. The quantitative estimate of drug-likeness (QED) is 0.156. The predicted molar refractivity (Wildman–Crippen MR) is 254 cm³/mol. The molecule has 1 nitrogen and oxygen atoms in total. The number of hydrogen-bond acceptors (Lipinski definition) is 1. The molecule has 0 fully saturated rings. The molecule has 0 N–H and O–H groups in total. The summed E-state index contributed by atoms with van der Waals surface area (Å²) in [5.74, 6) is 0.291. The van der Waals surface area contributed by atoms with E-state index in [4.69, 9.17) is 0 Å². The van der Waals surface area contributed by atoms with Crippen molar-refractivity contribution in [3.8, 4) is 11.1 Å². The number of nitrogens with zero attached hydrogens (tertiary/aromatic N) is 1. The first-order valence-corrected chi connectivity index (χ1v) is 21.5. The number of allylic oxidation sites excluding steroid dienone is 4. The minimum atomic E-state index is -0.570. The van der Waals surface area contributed by atoms with Gasteiger partial charge in [0.1, 0.15) is 0 Å². The average molecular weight is 778 g/mol. The Morgan fingerprint density at radius 2 is 0.951 bits per heavy atom. The number of para-hydroxylation sites is 1. The van der Waals surface area contributed by atoms with Crippen molar-refractivity contribution in [1.29, 1.82) is 0 Å². The van der Waals surface area contributed by atoms with E-state index in [0.717, 1.165) is 23.5 Å². The highest BCUT2D eigenvalue weighted by Gasteiger charge is 2.60. The minimum Gasteiger partial charge on any atom is -0.311 e. The van der Waals surface area contributed by atoms with Gasteiger partial charge in [-0.15, -0.1) is 0 Å². The summed E-state index contributed by atoms with van der Waals surface area (Å²) in [6.07, 6.45) is 8.03. The average Bonchev–Trinajstić information content (AvgIpc) is 3.65. The van der Waals surface area contributed by atoms with E-state index in [1.165, 1.54) is 72.0 Å². The molecule has 1 heteroatoms.